The Morgan fingerprint density at radius 2 is 2.08 bits per heavy atom. The summed E-state index contributed by atoms with van der Waals surface area (Å²) in [5.41, 5.74) is 0.593. The van der Waals surface area contributed by atoms with E-state index in [0.29, 0.717) is 31.1 Å². The monoisotopic (exact) mass is 347 g/mol. The fourth-order valence-electron chi connectivity index (χ4n) is 4.78. The van der Waals surface area contributed by atoms with Gasteiger partial charge in [0.15, 0.2) is 0 Å². The van der Waals surface area contributed by atoms with E-state index in [9.17, 15) is 14.7 Å². The van der Waals surface area contributed by atoms with E-state index in [0.717, 1.165) is 18.5 Å². The summed E-state index contributed by atoms with van der Waals surface area (Å²) in [6.07, 6.45) is 8.08. The molecule has 2 atom stereocenters. The van der Waals surface area contributed by atoms with Crippen LogP contribution < -0.4 is 0 Å². The zero-order chi connectivity index (χ0) is 17.4. The molecule has 25 heavy (non-hydrogen) atoms. The van der Waals surface area contributed by atoms with Crippen molar-refractivity contribution in [3.63, 3.8) is 0 Å². The number of carboxylic acids is 1. The van der Waals surface area contributed by atoms with Gasteiger partial charge in [-0.05, 0) is 25.2 Å². The lowest BCUT2D eigenvalue weighted by molar-refractivity contribution is -0.159. The number of nitrogens with zero attached hydrogens (tertiary/aromatic N) is 2. The van der Waals surface area contributed by atoms with Crippen molar-refractivity contribution < 1.29 is 19.4 Å². The number of aliphatic carboxylic acids is 1. The van der Waals surface area contributed by atoms with Gasteiger partial charge >= 0.3 is 5.97 Å². The number of rotatable bonds is 3. The molecule has 7 nitrogen and oxygen atoms in total. The molecule has 4 rings (SSSR count). The Hall–Kier alpha value is -1.89. The third-order valence-electron chi connectivity index (χ3n) is 6.29. The minimum Gasteiger partial charge on any atom is -0.481 e. The van der Waals surface area contributed by atoms with Gasteiger partial charge in [0.25, 0.3) is 5.91 Å². The molecule has 136 valence electrons. The summed E-state index contributed by atoms with van der Waals surface area (Å²) in [5.74, 6) is -0.624. The van der Waals surface area contributed by atoms with Gasteiger partial charge in [-0.25, -0.2) is 0 Å². The Balaban J connectivity index is 1.56. The first-order valence-corrected chi connectivity index (χ1v) is 9.25. The molecule has 2 N–H and O–H groups in total. The molecule has 1 saturated carbocycles. The minimum atomic E-state index is -0.956. The minimum absolute atomic E-state index is 0.0345. The number of fused-ring (bicyclic) bond motifs is 1. The fourth-order valence-corrected chi connectivity index (χ4v) is 4.78. The molecule has 0 spiro atoms. The van der Waals surface area contributed by atoms with Crippen LogP contribution in [0.25, 0.3) is 0 Å². The molecule has 3 heterocycles. The van der Waals surface area contributed by atoms with Gasteiger partial charge in [-0.2, -0.15) is 5.10 Å². The van der Waals surface area contributed by atoms with Crippen LogP contribution in [0, 0.1) is 11.3 Å². The topological polar surface area (TPSA) is 95.5 Å². The van der Waals surface area contributed by atoms with E-state index >= 15 is 0 Å². The number of carbonyl (C=O) groups excluding carboxylic acids is 1. The highest BCUT2D eigenvalue weighted by Gasteiger charge is 2.55. The van der Waals surface area contributed by atoms with Crippen LogP contribution in [-0.2, 0) is 9.53 Å². The summed E-state index contributed by atoms with van der Waals surface area (Å²) in [6.45, 7) is 1.48. The highest BCUT2D eigenvalue weighted by atomic mass is 16.5. The number of hydrogen-bond donors (Lipinski definition) is 2. The van der Waals surface area contributed by atoms with E-state index in [1.54, 1.807) is 11.1 Å². The predicted octanol–water partition coefficient (Wildman–Crippen LogP) is 2.02. The number of aromatic nitrogens is 2. The second-order valence-corrected chi connectivity index (χ2v) is 7.72. The van der Waals surface area contributed by atoms with Crippen LogP contribution in [-0.4, -0.2) is 58.4 Å². The first kappa shape index (κ1) is 16.6. The molecular weight excluding hydrogens is 322 g/mol. The Bertz CT molecular complexity index is 667. The number of H-pyrrole nitrogens is 1. The maximum Gasteiger partial charge on any atom is 0.314 e. The van der Waals surface area contributed by atoms with Crippen molar-refractivity contribution in [2.75, 3.05) is 26.3 Å². The lowest BCUT2D eigenvalue weighted by Gasteiger charge is -2.33. The second-order valence-electron chi connectivity index (χ2n) is 7.72. The van der Waals surface area contributed by atoms with Gasteiger partial charge in [-0.3, -0.25) is 14.7 Å². The van der Waals surface area contributed by atoms with Gasteiger partial charge in [0.1, 0.15) is 5.41 Å². The number of amides is 1. The Labute approximate surface area is 146 Å². The van der Waals surface area contributed by atoms with Crippen molar-refractivity contribution in [2.45, 2.75) is 44.4 Å². The zero-order valence-electron chi connectivity index (χ0n) is 14.4. The molecule has 1 amide bonds. The maximum atomic E-state index is 13.1. The summed E-state index contributed by atoms with van der Waals surface area (Å²) in [5, 5.41) is 16.9. The number of hydrogen-bond acceptors (Lipinski definition) is 4. The average Bonchev–Trinajstić information content (AvgIpc) is 3.27. The standard InChI is InChI=1S/C18H25N3O4/c22-16(14-8-19-20-15(14)12-4-2-1-3-5-12)21-9-13-6-7-25-11-18(13,10-21)17(23)24/h8,12-13H,1-7,9-11H2,(H,19,20)(H,23,24)/t13-,18+/m0/s1. The van der Waals surface area contributed by atoms with Gasteiger partial charge in [-0.1, -0.05) is 19.3 Å². The Kier molecular flexibility index (Phi) is 4.27. The highest BCUT2D eigenvalue weighted by Crippen LogP contribution is 2.42. The molecule has 0 radical (unpaired) electrons. The van der Waals surface area contributed by atoms with Crippen LogP contribution in [0.2, 0.25) is 0 Å². The van der Waals surface area contributed by atoms with Gasteiger partial charge < -0.3 is 14.7 Å². The molecule has 1 aromatic rings. The molecule has 7 heteroatoms. The summed E-state index contributed by atoms with van der Waals surface area (Å²) in [4.78, 5) is 26.7. The molecule has 0 aromatic carbocycles. The van der Waals surface area contributed by atoms with Crippen LogP contribution in [0.15, 0.2) is 6.20 Å². The maximum absolute atomic E-state index is 13.1. The van der Waals surface area contributed by atoms with Gasteiger partial charge in [0, 0.05) is 25.6 Å². The van der Waals surface area contributed by atoms with Crippen LogP contribution in [0.4, 0.5) is 0 Å². The molecule has 2 aliphatic heterocycles. The number of ether oxygens (including phenoxy) is 1. The molecular formula is C18H25N3O4. The van der Waals surface area contributed by atoms with Crippen molar-refractivity contribution in [1.29, 1.82) is 0 Å². The van der Waals surface area contributed by atoms with Gasteiger partial charge in [0.2, 0.25) is 0 Å². The molecule has 1 aromatic heterocycles. The van der Waals surface area contributed by atoms with E-state index in [-0.39, 0.29) is 25.0 Å². The highest BCUT2D eigenvalue weighted by molar-refractivity contribution is 5.96. The molecule has 2 saturated heterocycles. The van der Waals surface area contributed by atoms with Crippen LogP contribution in [0.3, 0.4) is 0 Å². The van der Waals surface area contributed by atoms with Crippen molar-refractivity contribution in [1.82, 2.24) is 15.1 Å². The first-order valence-electron chi connectivity index (χ1n) is 9.25. The van der Waals surface area contributed by atoms with Crippen LogP contribution in [0.5, 0.6) is 0 Å². The van der Waals surface area contributed by atoms with E-state index in [2.05, 4.69) is 10.2 Å². The smallest absolute Gasteiger partial charge is 0.314 e. The molecule has 3 aliphatic rings. The third-order valence-corrected chi connectivity index (χ3v) is 6.29. The van der Waals surface area contributed by atoms with Crippen molar-refractivity contribution >= 4 is 11.9 Å². The molecule has 0 unspecified atom stereocenters. The quantitative estimate of drug-likeness (QED) is 0.872. The summed E-state index contributed by atoms with van der Waals surface area (Å²) < 4.78 is 5.45. The van der Waals surface area contributed by atoms with E-state index in [4.69, 9.17) is 4.74 Å². The Morgan fingerprint density at radius 3 is 2.80 bits per heavy atom. The first-order chi connectivity index (χ1) is 12.1. The van der Waals surface area contributed by atoms with Gasteiger partial charge in [-0.15, -0.1) is 0 Å². The van der Waals surface area contributed by atoms with Crippen molar-refractivity contribution in [3.05, 3.63) is 17.5 Å². The Morgan fingerprint density at radius 1 is 1.28 bits per heavy atom. The lowest BCUT2D eigenvalue weighted by atomic mass is 9.76. The normalized spacial score (nSPS) is 30.2. The van der Waals surface area contributed by atoms with Crippen LogP contribution in [0.1, 0.15) is 60.5 Å². The van der Waals surface area contributed by atoms with Crippen molar-refractivity contribution in [2.24, 2.45) is 11.3 Å². The number of carboxylic acid groups (broad SMARTS) is 1. The number of aromatic amines is 1. The zero-order valence-corrected chi connectivity index (χ0v) is 14.4. The van der Waals surface area contributed by atoms with E-state index in [1.165, 1.54) is 19.3 Å². The van der Waals surface area contributed by atoms with E-state index in [1.807, 2.05) is 0 Å². The summed E-state index contributed by atoms with van der Waals surface area (Å²) in [6, 6.07) is 0. The molecule has 1 aliphatic carbocycles. The van der Waals surface area contributed by atoms with E-state index < -0.39 is 11.4 Å². The summed E-state index contributed by atoms with van der Waals surface area (Å²) >= 11 is 0. The predicted molar refractivity (Wildman–Crippen MR) is 89.3 cm³/mol. The number of carbonyl (C=O) groups is 2. The van der Waals surface area contributed by atoms with Gasteiger partial charge in [0.05, 0.1) is 24.1 Å². The third kappa shape index (κ3) is 2.74. The summed E-state index contributed by atoms with van der Waals surface area (Å²) in [7, 11) is 0. The van der Waals surface area contributed by atoms with Crippen molar-refractivity contribution in [3.8, 4) is 0 Å². The average molecular weight is 347 g/mol. The molecule has 0 bridgehead atoms. The van der Waals surface area contributed by atoms with Crippen LogP contribution >= 0.6 is 0 Å². The fraction of sp³-hybridized carbons (Fsp3) is 0.722. The number of likely N-dealkylation sites (tertiary alicyclic amines) is 1. The second kappa shape index (κ2) is 6.44. The SMILES string of the molecule is O=C(c1cn[nH]c1C1CCCCC1)N1C[C@@H]2CCOC[C@]2(C(=O)O)C1. The molecule has 3 fully saturated rings. The largest absolute Gasteiger partial charge is 0.481 e. The lowest BCUT2D eigenvalue weighted by Crippen LogP contribution is -2.46. The number of nitrogens with one attached hydrogen (secondary N) is 1.